The SMILES string of the molecule is CN(C(=O)c1ccc2c(c1)C1C=CCC1C(c1ccc3ccccc3c1)N2)c1ccccc1. The monoisotopic (exact) mass is 430 g/mol. The Bertz CT molecular complexity index is 1370. The van der Waals surface area contributed by atoms with Gasteiger partial charge in [-0.2, -0.15) is 0 Å². The summed E-state index contributed by atoms with van der Waals surface area (Å²) in [5, 5.41) is 6.35. The van der Waals surface area contributed by atoms with E-state index in [1.165, 1.54) is 21.9 Å². The topological polar surface area (TPSA) is 32.3 Å². The standard InChI is InChI=1S/C30H26N2O/c1-32(24-10-3-2-4-11-24)30(33)23-16-17-28-27(19-23)25-12-7-13-26(25)29(31-28)22-15-14-20-8-5-6-9-21(20)18-22/h2-12,14-19,25-26,29,31H,13H2,1H3. The van der Waals surface area contributed by atoms with Crippen LogP contribution in [0.1, 0.15) is 39.9 Å². The molecular weight excluding hydrogens is 404 g/mol. The van der Waals surface area contributed by atoms with Gasteiger partial charge in [-0.25, -0.2) is 0 Å². The number of carbonyl (C=O) groups excluding carboxylic acids is 1. The van der Waals surface area contributed by atoms with E-state index in [2.05, 4.69) is 72.1 Å². The summed E-state index contributed by atoms with van der Waals surface area (Å²) in [6.07, 6.45) is 5.66. The predicted molar refractivity (Wildman–Crippen MR) is 136 cm³/mol. The number of hydrogen-bond donors (Lipinski definition) is 1. The molecule has 4 aromatic carbocycles. The lowest BCUT2D eigenvalue weighted by molar-refractivity contribution is 0.0993. The van der Waals surface area contributed by atoms with Crippen LogP contribution in [0.25, 0.3) is 10.8 Å². The van der Waals surface area contributed by atoms with Gasteiger partial charge in [0.25, 0.3) is 5.91 Å². The molecule has 6 rings (SSSR count). The fraction of sp³-hybridized carbons (Fsp3) is 0.167. The van der Waals surface area contributed by atoms with Crippen molar-refractivity contribution in [3.63, 3.8) is 0 Å². The molecule has 162 valence electrons. The highest BCUT2D eigenvalue weighted by atomic mass is 16.2. The highest BCUT2D eigenvalue weighted by molar-refractivity contribution is 6.06. The van der Waals surface area contributed by atoms with Gasteiger partial charge >= 0.3 is 0 Å². The Morgan fingerprint density at radius 1 is 0.879 bits per heavy atom. The first-order valence-electron chi connectivity index (χ1n) is 11.6. The van der Waals surface area contributed by atoms with Crippen molar-refractivity contribution in [1.29, 1.82) is 0 Å². The largest absolute Gasteiger partial charge is 0.378 e. The molecule has 3 nitrogen and oxygen atoms in total. The second-order valence-electron chi connectivity index (χ2n) is 9.08. The third kappa shape index (κ3) is 3.41. The van der Waals surface area contributed by atoms with Gasteiger partial charge in [0, 0.05) is 29.9 Å². The highest BCUT2D eigenvalue weighted by Crippen LogP contribution is 2.50. The number of fused-ring (bicyclic) bond motifs is 4. The molecule has 1 aliphatic carbocycles. The number of amides is 1. The summed E-state index contributed by atoms with van der Waals surface area (Å²) >= 11 is 0. The van der Waals surface area contributed by atoms with E-state index in [-0.39, 0.29) is 11.9 Å². The molecule has 1 heterocycles. The molecule has 3 unspecified atom stereocenters. The molecule has 3 heteroatoms. The summed E-state index contributed by atoms with van der Waals surface area (Å²) in [6.45, 7) is 0. The number of allylic oxidation sites excluding steroid dienone is 2. The van der Waals surface area contributed by atoms with Gasteiger partial charge in [-0.05, 0) is 70.6 Å². The van der Waals surface area contributed by atoms with Gasteiger partial charge < -0.3 is 10.2 Å². The fourth-order valence-corrected chi connectivity index (χ4v) is 5.42. The third-order valence-corrected chi connectivity index (χ3v) is 7.19. The van der Waals surface area contributed by atoms with E-state index in [4.69, 9.17) is 0 Å². The van der Waals surface area contributed by atoms with E-state index in [0.29, 0.717) is 11.8 Å². The van der Waals surface area contributed by atoms with E-state index >= 15 is 0 Å². The highest BCUT2D eigenvalue weighted by Gasteiger charge is 2.38. The molecule has 0 fully saturated rings. The normalized spacial score (nSPS) is 20.7. The van der Waals surface area contributed by atoms with E-state index in [1.807, 2.05) is 43.4 Å². The number of nitrogens with zero attached hydrogens (tertiary/aromatic N) is 1. The van der Waals surface area contributed by atoms with Gasteiger partial charge in [0.2, 0.25) is 0 Å². The summed E-state index contributed by atoms with van der Waals surface area (Å²) < 4.78 is 0. The molecule has 0 aromatic heterocycles. The zero-order valence-corrected chi connectivity index (χ0v) is 18.6. The predicted octanol–water partition coefficient (Wildman–Crippen LogP) is 6.94. The Kier molecular flexibility index (Phi) is 4.76. The van der Waals surface area contributed by atoms with E-state index in [1.54, 1.807) is 4.90 Å². The smallest absolute Gasteiger partial charge is 0.258 e. The van der Waals surface area contributed by atoms with Gasteiger partial charge in [0.1, 0.15) is 0 Å². The fourth-order valence-electron chi connectivity index (χ4n) is 5.42. The first-order chi connectivity index (χ1) is 16.2. The van der Waals surface area contributed by atoms with E-state index in [9.17, 15) is 4.79 Å². The molecule has 1 N–H and O–H groups in total. The minimum absolute atomic E-state index is 0.0131. The van der Waals surface area contributed by atoms with Crippen molar-refractivity contribution >= 4 is 28.1 Å². The molecule has 0 saturated carbocycles. The quantitative estimate of drug-likeness (QED) is 0.357. The maximum atomic E-state index is 13.2. The minimum atomic E-state index is 0.0131. The lowest BCUT2D eigenvalue weighted by Crippen LogP contribution is -2.30. The van der Waals surface area contributed by atoms with Crippen molar-refractivity contribution in [3.8, 4) is 0 Å². The lowest BCUT2D eigenvalue weighted by atomic mass is 9.76. The summed E-state index contributed by atoms with van der Waals surface area (Å²) in [7, 11) is 1.84. The lowest BCUT2D eigenvalue weighted by Gasteiger charge is -2.38. The maximum absolute atomic E-state index is 13.2. The van der Waals surface area contributed by atoms with Crippen LogP contribution in [-0.4, -0.2) is 13.0 Å². The molecule has 3 atom stereocenters. The maximum Gasteiger partial charge on any atom is 0.258 e. The summed E-state index contributed by atoms with van der Waals surface area (Å²) in [5.41, 5.74) is 5.29. The Morgan fingerprint density at radius 3 is 2.52 bits per heavy atom. The molecule has 1 amide bonds. The molecule has 2 aliphatic rings. The van der Waals surface area contributed by atoms with Gasteiger partial charge in [0.05, 0.1) is 6.04 Å². The molecule has 0 spiro atoms. The molecule has 0 saturated heterocycles. The average molecular weight is 431 g/mol. The van der Waals surface area contributed by atoms with Gasteiger partial charge in [-0.1, -0.05) is 66.7 Å². The zero-order chi connectivity index (χ0) is 22.4. The zero-order valence-electron chi connectivity index (χ0n) is 18.6. The van der Waals surface area contributed by atoms with E-state index in [0.717, 1.165) is 23.4 Å². The second kappa shape index (κ2) is 7.93. The van der Waals surface area contributed by atoms with Crippen LogP contribution in [-0.2, 0) is 0 Å². The van der Waals surface area contributed by atoms with Crippen LogP contribution in [0, 0.1) is 5.92 Å². The summed E-state index contributed by atoms with van der Waals surface area (Å²) in [5.74, 6) is 0.766. The number of para-hydroxylation sites is 1. The second-order valence-corrected chi connectivity index (χ2v) is 9.08. The third-order valence-electron chi connectivity index (χ3n) is 7.19. The van der Waals surface area contributed by atoms with Crippen LogP contribution in [0.5, 0.6) is 0 Å². The van der Waals surface area contributed by atoms with Crippen LogP contribution >= 0.6 is 0 Å². The van der Waals surface area contributed by atoms with Crippen LogP contribution in [0.2, 0.25) is 0 Å². The Labute approximate surface area is 194 Å². The van der Waals surface area contributed by atoms with Gasteiger partial charge in [-0.15, -0.1) is 0 Å². The number of benzene rings is 4. The van der Waals surface area contributed by atoms with Crippen molar-refractivity contribution in [1.82, 2.24) is 0 Å². The minimum Gasteiger partial charge on any atom is -0.378 e. The van der Waals surface area contributed by atoms with Crippen LogP contribution in [0.4, 0.5) is 11.4 Å². The van der Waals surface area contributed by atoms with Crippen molar-refractivity contribution in [2.75, 3.05) is 17.3 Å². The Hall–Kier alpha value is -3.85. The molecule has 0 bridgehead atoms. The molecule has 33 heavy (non-hydrogen) atoms. The molecule has 0 radical (unpaired) electrons. The van der Waals surface area contributed by atoms with Gasteiger partial charge in [-0.3, -0.25) is 4.79 Å². The van der Waals surface area contributed by atoms with Crippen LogP contribution < -0.4 is 10.2 Å². The van der Waals surface area contributed by atoms with Crippen molar-refractivity contribution < 1.29 is 4.79 Å². The molecule has 4 aromatic rings. The first kappa shape index (κ1) is 19.8. The van der Waals surface area contributed by atoms with Crippen molar-refractivity contribution in [2.24, 2.45) is 5.92 Å². The van der Waals surface area contributed by atoms with E-state index < -0.39 is 0 Å². The molecule has 1 aliphatic heterocycles. The number of carbonyl (C=O) groups is 1. The summed E-state index contributed by atoms with van der Waals surface area (Å²) in [4.78, 5) is 14.9. The van der Waals surface area contributed by atoms with Crippen LogP contribution in [0.3, 0.4) is 0 Å². The summed E-state index contributed by atoms with van der Waals surface area (Å²) in [6, 6.07) is 31.5. The Morgan fingerprint density at radius 2 is 1.67 bits per heavy atom. The van der Waals surface area contributed by atoms with Crippen molar-refractivity contribution in [3.05, 3.63) is 120 Å². The number of nitrogens with one attached hydrogen (secondary N) is 1. The Balaban J connectivity index is 1.34. The number of anilines is 2. The average Bonchev–Trinajstić information content (AvgIpc) is 3.38. The number of hydrogen-bond acceptors (Lipinski definition) is 2. The first-order valence-corrected chi connectivity index (χ1v) is 11.6. The number of rotatable bonds is 3. The van der Waals surface area contributed by atoms with Crippen molar-refractivity contribution in [2.45, 2.75) is 18.4 Å². The van der Waals surface area contributed by atoms with Crippen LogP contribution in [0.15, 0.2) is 103 Å². The molecular formula is C30H26N2O. The van der Waals surface area contributed by atoms with Gasteiger partial charge in [0.15, 0.2) is 0 Å².